The molecule has 1 aliphatic rings. The van der Waals surface area contributed by atoms with Crippen molar-refractivity contribution in [1.82, 2.24) is 9.80 Å². The van der Waals surface area contributed by atoms with Crippen LogP contribution in [-0.4, -0.2) is 55.5 Å². The van der Waals surface area contributed by atoms with Crippen LogP contribution in [0.15, 0.2) is 77.4 Å². The number of likely N-dealkylation sites (N-methyl/N-ethyl adjacent to an activating group) is 1. The molecular weight excluding hydrogens is 388 g/mol. The zero-order valence-electron chi connectivity index (χ0n) is 18.0. The molecular formula is C25H30N4O2. The van der Waals surface area contributed by atoms with Crippen molar-refractivity contribution in [3.05, 3.63) is 84.3 Å². The van der Waals surface area contributed by atoms with Crippen LogP contribution in [0.25, 0.3) is 0 Å². The van der Waals surface area contributed by atoms with E-state index in [0.29, 0.717) is 13.1 Å². The molecule has 0 bridgehead atoms. The molecule has 0 radical (unpaired) electrons. The molecule has 0 atom stereocenters. The summed E-state index contributed by atoms with van der Waals surface area (Å²) in [6.45, 7) is 6.05. The summed E-state index contributed by atoms with van der Waals surface area (Å²) in [4.78, 5) is 19.2. The Hall–Kier alpha value is -3.09. The van der Waals surface area contributed by atoms with Crippen molar-refractivity contribution >= 4 is 17.3 Å². The Morgan fingerprint density at radius 3 is 2.39 bits per heavy atom. The lowest BCUT2D eigenvalue weighted by atomic mass is 10.2. The van der Waals surface area contributed by atoms with Gasteiger partial charge < -0.3 is 14.6 Å². The zero-order chi connectivity index (χ0) is 21.5. The van der Waals surface area contributed by atoms with Crippen LogP contribution in [0.2, 0.25) is 0 Å². The zero-order valence-corrected chi connectivity index (χ0v) is 18.0. The number of rotatable bonds is 8. The lowest BCUT2D eigenvalue weighted by molar-refractivity contribution is -0.117. The van der Waals surface area contributed by atoms with Crippen LogP contribution >= 0.6 is 0 Å². The van der Waals surface area contributed by atoms with E-state index in [-0.39, 0.29) is 5.91 Å². The molecule has 0 aliphatic carbocycles. The van der Waals surface area contributed by atoms with E-state index < -0.39 is 0 Å². The number of benzene rings is 2. The highest BCUT2D eigenvalue weighted by Gasteiger charge is 2.17. The maximum atomic E-state index is 12.3. The summed E-state index contributed by atoms with van der Waals surface area (Å²) in [6.07, 6.45) is 1.65. The molecule has 0 spiro atoms. The highest BCUT2D eigenvalue weighted by molar-refractivity contribution is 5.92. The quantitative estimate of drug-likeness (QED) is 0.605. The van der Waals surface area contributed by atoms with Gasteiger partial charge in [0.05, 0.1) is 19.4 Å². The summed E-state index contributed by atoms with van der Waals surface area (Å²) in [7, 11) is 1.91. The summed E-state index contributed by atoms with van der Waals surface area (Å²) in [5, 5.41) is 2.98. The van der Waals surface area contributed by atoms with E-state index in [1.54, 1.807) is 6.26 Å². The summed E-state index contributed by atoms with van der Waals surface area (Å²) >= 11 is 0. The monoisotopic (exact) mass is 418 g/mol. The summed E-state index contributed by atoms with van der Waals surface area (Å²) in [5.74, 6) is 0.819. The van der Waals surface area contributed by atoms with Crippen molar-refractivity contribution in [1.29, 1.82) is 0 Å². The molecule has 4 rings (SSSR count). The minimum absolute atomic E-state index is 0.0312. The van der Waals surface area contributed by atoms with Crippen molar-refractivity contribution in [3.63, 3.8) is 0 Å². The Kier molecular flexibility index (Phi) is 7.02. The van der Waals surface area contributed by atoms with Crippen molar-refractivity contribution < 1.29 is 9.21 Å². The summed E-state index contributed by atoms with van der Waals surface area (Å²) in [6, 6.07) is 22.6. The lowest BCUT2D eigenvalue weighted by Gasteiger charge is -2.36. The number of nitrogens with zero attached hydrogens (tertiary/aromatic N) is 3. The van der Waals surface area contributed by atoms with Gasteiger partial charge in [-0.3, -0.25) is 14.6 Å². The normalized spacial score (nSPS) is 14.7. The van der Waals surface area contributed by atoms with Crippen molar-refractivity contribution in [2.75, 3.05) is 50.0 Å². The van der Waals surface area contributed by atoms with Crippen LogP contribution in [0.1, 0.15) is 11.3 Å². The molecule has 2 aromatic carbocycles. The highest BCUT2D eigenvalue weighted by atomic mass is 16.3. The first-order chi connectivity index (χ1) is 15.2. The summed E-state index contributed by atoms with van der Waals surface area (Å²) < 4.78 is 5.33. The number of carbonyl (C=O) groups is 1. The second-order valence-corrected chi connectivity index (χ2v) is 8.10. The van der Waals surface area contributed by atoms with Crippen molar-refractivity contribution in [2.45, 2.75) is 13.1 Å². The third-order valence-electron chi connectivity index (χ3n) is 5.56. The average Bonchev–Trinajstić information content (AvgIpc) is 3.28. The second-order valence-electron chi connectivity index (χ2n) is 8.10. The predicted molar refractivity (Wildman–Crippen MR) is 124 cm³/mol. The minimum atomic E-state index is -0.0312. The molecule has 162 valence electrons. The standard InChI is InChI=1S/C25H30N4O2/c1-27(19-24-8-5-17-31-24)20-25(30)26-22-9-11-23(12-10-22)29-15-13-28(14-16-29)18-21-6-3-2-4-7-21/h2-12,17H,13-16,18-20H2,1H3,(H,26,30). The molecule has 2 heterocycles. The molecule has 0 unspecified atom stereocenters. The number of nitrogens with one attached hydrogen (secondary N) is 1. The largest absolute Gasteiger partial charge is 0.468 e. The number of hydrogen-bond acceptors (Lipinski definition) is 5. The topological polar surface area (TPSA) is 52.0 Å². The fraction of sp³-hybridized carbons (Fsp3) is 0.320. The van der Waals surface area contributed by atoms with Gasteiger partial charge in [0.1, 0.15) is 5.76 Å². The van der Waals surface area contributed by atoms with Crippen LogP contribution in [0.5, 0.6) is 0 Å². The fourth-order valence-corrected chi connectivity index (χ4v) is 3.93. The van der Waals surface area contributed by atoms with E-state index in [1.165, 1.54) is 11.3 Å². The maximum absolute atomic E-state index is 12.3. The molecule has 3 aromatic rings. The van der Waals surface area contributed by atoms with Gasteiger partial charge in [0.15, 0.2) is 0 Å². The van der Waals surface area contributed by atoms with Gasteiger partial charge in [-0.1, -0.05) is 30.3 Å². The molecule has 6 nitrogen and oxygen atoms in total. The third-order valence-corrected chi connectivity index (χ3v) is 5.56. The Bertz CT molecular complexity index is 933. The molecule has 1 saturated heterocycles. The maximum Gasteiger partial charge on any atom is 0.238 e. The molecule has 1 aliphatic heterocycles. The van der Waals surface area contributed by atoms with Gasteiger partial charge in [0, 0.05) is 44.1 Å². The van der Waals surface area contributed by atoms with Gasteiger partial charge in [-0.15, -0.1) is 0 Å². The van der Waals surface area contributed by atoms with Crippen LogP contribution in [0, 0.1) is 0 Å². The number of piperazine rings is 1. The van der Waals surface area contributed by atoms with Crippen molar-refractivity contribution in [2.24, 2.45) is 0 Å². The van der Waals surface area contributed by atoms with E-state index >= 15 is 0 Å². The lowest BCUT2D eigenvalue weighted by Crippen LogP contribution is -2.45. The number of carbonyl (C=O) groups excluding carboxylic acids is 1. The van der Waals surface area contributed by atoms with E-state index in [9.17, 15) is 4.79 Å². The van der Waals surface area contributed by atoms with Crippen LogP contribution < -0.4 is 10.2 Å². The number of anilines is 2. The molecule has 1 aromatic heterocycles. The molecule has 31 heavy (non-hydrogen) atoms. The van der Waals surface area contributed by atoms with Crippen molar-refractivity contribution in [3.8, 4) is 0 Å². The first-order valence-electron chi connectivity index (χ1n) is 10.8. The van der Waals surface area contributed by atoms with Gasteiger partial charge in [-0.05, 0) is 49.0 Å². The van der Waals surface area contributed by atoms with Gasteiger partial charge in [0.25, 0.3) is 0 Å². The predicted octanol–water partition coefficient (Wildman–Crippen LogP) is 3.67. The Morgan fingerprint density at radius 1 is 0.968 bits per heavy atom. The van der Waals surface area contributed by atoms with Crippen LogP contribution in [-0.2, 0) is 17.9 Å². The van der Waals surface area contributed by atoms with Crippen LogP contribution in [0.4, 0.5) is 11.4 Å². The van der Waals surface area contributed by atoms with Gasteiger partial charge in [0.2, 0.25) is 5.91 Å². The third kappa shape index (κ3) is 6.20. The smallest absolute Gasteiger partial charge is 0.238 e. The molecule has 6 heteroatoms. The van der Waals surface area contributed by atoms with Gasteiger partial charge >= 0.3 is 0 Å². The molecule has 1 fully saturated rings. The number of furan rings is 1. The van der Waals surface area contributed by atoms with Crippen LogP contribution in [0.3, 0.4) is 0 Å². The van der Waals surface area contributed by atoms with Gasteiger partial charge in [-0.25, -0.2) is 0 Å². The average molecular weight is 419 g/mol. The molecule has 1 amide bonds. The van der Waals surface area contributed by atoms with E-state index in [0.717, 1.165) is 44.2 Å². The SMILES string of the molecule is CN(CC(=O)Nc1ccc(N2CCN(Cc3ccccc3)CC2)cc1)Cc1ccco1. The number of amides is 1. The van der Waals surface area contributed by atoms with Gasteiger partial charge in [-0.2, -0.15) is 0 Å². The Balaban J connectivity index is 1.22. The fourth-order valence-electron chi connectivity index (χ4n) is 3.93. The first-order valence-corrected chi connectivity index (χ1v) is 10.8. The molecule has 0 saturated carbocycles. The van der Waals surface area contributed by atoms with E-state index in [4.69, 9.17) is 4.42 Å². The first kappa shape index (κ1) is 21.2. The molecule has 1 N–H and O–H groups in total. The van der Waals surface area contributed by atoms with E-state index in [2.05, 4.69) is 57.6 Å². The van der Waals surface area contributed by atoms with E-state index in [1.807, 2.05) is 36.2 Å². The highest BCUT2D eigenvalue weighted by Crippen LogP contribution is 2.20. The Morgan fingerprint density at radius 2 is 1.71 bits per heavy atom. The second kappa shape index (κ2) is 10.3. The summed E-state index contributed by atoms with van der Waals surface area (Å²) in [5.41, 5.74) is 3.39. The Labute approximate surface area is 184 Å². The number of hydrogen-bond donors (Lipinski definition) is 1. The minimum Gasteiger partial charge on any atom is -0.468 e.